The van der Waals surface area contributed by atoms with Crippen molar-refractivity contribution >= 4 is 0 Å². The SMILES string of the molecule is CCCn1ncc(OC)c1C1(C(C)C)CCCN1. The molecule has 1 unspecified atom stereocenters. The molecule has 1 atom stereocenters. The third kappa shape index (κ3) is 2.03. The predicted octanol–water partition coefficient (Wildman–Crippen LogP) is 2.54. The Hall–Kier alpha value is -1.03. The van der Waals surface area contributed by atoms with E-state index in [1.807, 2.05) is 6.20 Å². The highest BCUT2D eigenvalue weighted by molar-refractivity contribution is 5.34. The van der Waals surface area contributed by atoms with Gasteiger partial charge in [-0.1, -0.05) is 20.8 Å². The van der Waals surface area contributed by atoms with E-state index in [1.54, 1.807) is 7.11 Å². The van der Waals surface area contributed by atoms with Crippen molar-refractivity contribution < 1.29 is 4.74 Å². The van der Waals surface area contributed by atoms with Crippen molar-refractivity contribution in [3.63, 3.8) is 0 Å². The van der Waals surface area contributed by atoms with E-state index in [0.29, 0.717) is 5.92 Å². The lowest BCUT2D eigenvalue weighted by Crippen LogP contribution is -2.43. The van der Waals surface area contributed by atoms with Crippen LogP contribution in [-0.2, 0) is 12.1 Å². The zero-order chi connectivity index (χ0) is 13.2. The van der Waals surface area contributed by atoms with Crippen LogP contribution in [0.2, 0.25) is 0 Å². The van der Waals surface area contributed by atoms with Gasteiger partial charge in [0.15, 0.2) is 5.75 Å². The summed E-state index contributed by atoms with van der Waals surface area (Å²) in [5, 5.41) is 8.21. The Morgan fingerprint density at radius 1 is 1.56 bits per heavy atom. The number of hydrogen-bond donors (Lipinski definition) is 1. The Morgan fingerprint density at radius 2 is 2.33 bits per heavy atom. The summed E-state index contributed by atoms with van der Waals surface area (Å²) in [6, 6.07) is 0. The van der Waals surface area contributed by atoms with E-state index in [4.69, 9.17) is 4.74 Å². The number of nitrogens with zero attached hydrogens (tertiary/aromatic N) is 2. The lowest BCUT2D eigenvalue weighted by atomic mass is 9.81. The molecular weight excluding hydrogens is 226 g/mol. The topological polar surface area (TPSA) is 39.1 Å². The predicted molar refractivity (Wildman–Crippen MR) is 72.8 cm³/mol. The molecule has 0 radical (unpaired) electrons. The van der Waals surface area contributed by atoms with E-state index in [1.165, 1.54) is 12.1 Å². The Bertz CT molecular complexity index is 392. The quantitative estimate of drug-likeness (QED) is 0.874. The van der Waals surface area contributed by atoms with E-state index >= 15 is 0 Å². The van der Waals surface area contributed by atoms with E-state index in [-0.39, 0.29) is 5.54 Å². The molecule has 0 bridgehead atoms. The van der Waals surface area contributed by atoms with Crippen molar-refractivity contribution in [2.24, 2.45) is 5.92 Å². The Morgan fingerprint density at radius 3 is 2.83 bits per heavy atom. The van der Waals surface area contributed by atoms with Crippen molar-refractivity contribution in [1.82, 2.24) is 15.1 Å². The second-order valence-corrected chi connectivity index (χ2v) is 5.44. The van der Waals surface area contributed by atoms with Crippen LogP contribution >= 0.6 is 0 Å². The molecule has 1 aliphatic heterocycles. The summed E-state index contributed by atoms with van der Waals surface area (Å²) in [7, 11) is 1.74. The highest BCUT2D eigenvalue weighted by atomic mass is 16.5. The lowest BCUT2D eigenvalue weighted by molar-refractivity contribution is 0.244. The van der Waals surface area contributed by atoms with Crippen molar-refractivity contribution in [2.75, 3.05) is 13.7 Å². The molecule has 0 spiro atoms. The minimum atomic E-state index is 0.0248. The van der Waals surface area contributed by atoms with Gasteiger partial charge < -0.3 is 10.1 Å². The smallest absolute Gasteiger partial charge is 0.161 e. The Kier molecular flexibility index (Phi) is 3.95. The Labute approximate surface area is 110 Å². The highest BCUT2D eigenvalue weighted by Gasteiger charge is 2.43. The fraction of sp³-hybridized carbons (Fsp3) is 0.786. The van der Waals surface area contributed by atoms with E-state index < -0.39 is 0 Å². The standard InChI is InChI=1S/C14H25N3O/c1-5-9-17-13(12(18-4)10-16-17)14(11(2)3)7-6-8-15-14/h10-11,15H,5-9H2,1-4H3. The number of nitrogens with one attached hydrogen (secondary N) is 1. The van der Waals surface area contributed by atoms with Crippen molar-refractivity contribution in [3.8, 4) is 5.75 Å². The fourth-order valence-corrected chi connectivity index (χ4v) is 3.08. The molecule has 2 rings (SSSR count). The van der Waals surface area contributed by atoms with Crippen LogP contribution in [0.3, 0.4) is 0 Å². The summed E-state index contributed by atoms with van der Waals surface area (Å²) in [5.41, 5.74) is 1.26. The van der Waals surface area contributed by atoms with Crippen LogP contribution in [0, 0.1) is 5.92 Å². The van der Waals surface area contributed by atoms with Crippen LogP contribution in [0.4, 0.5) is 0 Å². The van der Waals surface area contributed by atoms with Gasteiger partial charge in [0.25, 0.3) is 0 Å². The third-order valence-electron chi connectivity index (χ3n) is 4.06. The van der Waals surface area contributed by atoms with Gasteiger partial charge in [-0.2, -0.15) is 5.10 Å². The van der Waals surface area contributed by atoms with E-state index in [9.17, 15) is 0 Å². The van der Waals surface area contributed by atoms with Gasteiger partial charge in [0.2, 0.25) is 0 Å². The van der Waals surface area contributed by atoms with Crippen LogP contribution in [0.5, 0.6) is 5.75 Å². The molecule has 0 aliphatic carbocycles. The van der Waals surface area contributed by atoms with Gasteiger partial charge in [-0.25, -0.2) is 0 Å². The molecule has 18 heavy (non-hydrogen) atoms. The maximum Gasteiger partial charge on any atom is 0.161 e. The maximum absolute atomic E-state index is 5.54. The molecule has 4 heteroatoms. The van der Waals surface area contributed by atoms with Crippen molar-refractivity contribution in [2.45, 2.75) is 52.1 Å². The molecule has 1 fully saturated rings. The summed E-state index contributed by atoms with van der Waals surface area (Å²) in [6.45, 7) is 8.78. The first-order valence-corrected chi connectivity index (χ1v) is 7.01. The second kappa shape index (κ2) is 5.31. The highest BCUT2D eigenvalue weighted by Crippen LogP contribution is 2.42. The summed E-state index contributed by atoms with van der Waals surface area (Å²) in [5.74, 6) is 1.45. The maximum atomic E-state index is 5.54. The number of ether oxygens (including phenoxy) is 1. The molecule has 1 aromatic rings. The number of rotatable bonds is 5. The molecule has 0 aromatic carbocycles. The number of hydrogen-bond acceptors (Lipinski definition) is 3. The third-order valence-corrected chi connectivity index (χ3v) is 4.06. The zero-order valence-corrected chi connectivity index (χ0v) is 12.0. The monoisotopic (exact) mass is 251 g/mol. The molecule has 2 heterocycles. The van der Waals surface area contributed by atoms with Crippen LogP contribution < -0.4 is 10.1 Å². The van der Waals surface area contributed by atoms with E-state index in [0.717, 1.165) is 31.7 Å². The van der Waals surface area contributed by atoms with Gasteiger partial charge in [-0.15, -0.1) is 0 Å². The molecule has 1 saturated heterocycles. The first-order valence-electron chi connectivity index (χ1n) is 7.01. The average molecular weight is 251 g/mol. The van der Waals surface area contributed by atoms with Gasteiger partial charge >= 0.3 is 0 Å². The number of aromatic nitrogens is 2. The normalized spacial score (nSPS) is 23.8. The van der Waals surface area contributed by atoms with Gasteiger partial charge in [0, 0.05) is 6.54 Å². The molecule has 0 saturated carbocycles. The van der Waals surface area contributed by atoms with Crippen molar-refractivity contribution in [3.05, 3.63) is 11.9 Å². The van der Waals surface area contributed by atoms with Crippen LogP contribution in [0.25, 0.3) is 0 Å². The van der Waals surface area contributed by atoms with E-state index in [2.05, 4.69) is 35.9 Å². The molecule has 1 aromatic heterocycles. The van der Waals surface area contributed by atoms with Crippen LogP contribution in [0.15, 0.2) is 6.20 Å². The van der Waals surface area contributed by atoms with Gasteiger partial charge in [-0.3, -0.25) is 4.68 Å². The first-order chi connectivity index (χ1) is 8.65. The lowest BCUT2D eigenvalue weighted by Gasteiger charge is -2.35. The number of aryl methyl sites for hydroxylation is 1. The van der Waals surface area contributed by atoms with Crippen molar-refractivity contribution in [1.29, 1.82) is 0 Å². The minimum absolute atomic E-state index is 0.0248. The molecule has 0 amide bonds. The molecular formula is C14H25N3O. The molecule has 1 aliphatic rings. The van der Waals surface area contributed by atoms with Crippen LogP contribution in [-0.4, -0.2) is 23.4 Å². The summed E-state index contributed by atoms with van der Waals surface area (Å²) < 4.78 is 7.66. The summed E-state index contributed by atoms with van der Waals surface area (Å²) in [4.78, 5) is 0. The molecule has 1 N–H and O–H groups in total. The average Bonchev–Trinajstić information content (AvgIpc) is 2.95. The minimum Gasteiger partial charge on any atom is -0.493 e. The summed E-state index contributed by atoms with van der Waals surface area (Å²) in [6.07, 6.45) is 5.33. The molecule has 102 valence electrons. The van der Waals surface area contributed by atoms with Gasteiger partial charge in [0.1, 0.15) is 5.69 Å². The summed E-state index contributed by atoms with van der Waals surface area (Å²) >= 11 is 0. The second-order valence-electron chi connectivity index (χ2n) is 5.44. The Balaban J connectivity index is 2.48. The fourth-order valence-electron chi connectivity index (χ4n) is 3.08. The first kappa shape index (κ1) is 13.4. The zero-order valence-electron chi connectivity index (χ0n) is 12.0. The van der Waals surface area contributed by atoms with Gasteiger partial charge in [0.05, 0.1) is 18.8 Å². The largest absolute Gasteiger partial charge is 0.493 e. The molecule has 4 nitrogen and oxygen atoms in total. The van der Waals surface area contributed by atoms with Crippen LogP contribution in [0.1, 0.15) is 45.7 Å². The van der Waals surface area contributed by atoms with Gasteiger partial charge in [-0.05, 0) is 31.7 Å². The number of methoxy groups -OCH3 is 1.